The van der Waals surface area contributed by atoms with E-state index in [2.05, 4.69) is 10.3 Å². The molecule has 0 saturated heterocycles. The summed E-state index contributed by atoms with van der Waals surface area (Å²) in [7, 11) is 1.55. The van der Waals surface area contributed by atoms with Crippen LogP contribution in [0.5, 0.6) is 0 Å². The highest BCUT2D eigenvalue weighted by Gasteiger charge is 2.31. The van der Waals surface area contributed by atoms with Gasteiger partial charge in [0.1, 0.15) is 5.82 Å². The van der Waals surface area contributed by atoms with Gasteiger partial charge in [-0.05, 0) is 38.1 Å². The number of benzene rings is 1. The maximum absolute atomic E-state index is 12.9. The summed E-state index contributed by atoms with van der Waals surface area (Å²) in [6.45, 7) is 3.81. The maximum atomic E-state index is 12.9. The Bertz CT molecular complexity index is 613. The third kappa shape index (κ3) is 3.10. The number of nitrogens with zero attached hydrogens (tertiary/aromatic N) is 1. The van der Waals surface area contributed by atoms with E-state index in [0.29, 0.717) is 11.3 Å². The average molecular weight is 280 g/mol. The van der Waals surface area contributed by atoms with Crippen molar-refractivity contribution >= 4 is 5.82 Å². The summed E-state index contributed by atoms with van der Waals surface area (Å²) >= 11 is 0. The molecule has 0 radical (unpaired) electrons. The number of rotatable bonds is 2. The van der Waals surface area contributed by atoms with Crippen LogP contribution in [-0.4, -0.2) is 12.0 Å². The third-order valence-electron chi connectivity index (χ3n) is 2.93. The summed E-state index contributed by atoms with van der Waals surface area (Å²) in [5.74, 6) is 0.203. The monoisotopic (exact) mass is 280 g/mol. The van der Waals surface area contributed by atoms with E-state index in [0.717, 1.165) is 23.3 Å². The van der Waals surface area contributed by atoms with Crippen molar-refractivity contribution in [3.63, 3.8) is 0 Å². The molecule has 0 spiro atoms. The number of nitrogens with one attached hydrogen (secondary N) is 1. The van der Waals surface area contributed by atoms with Gasteiger partial charge in [-0.3, -0.25) is 0 Å². The van der Waals surface area contributed by atoms with Crippen molar-refractivity contribution in [3.05, 3.63) is 47.0 Å². The van der Waals surface area contributed by atoms with Gasteiger partial charge in [-0.2, -0.15) is 13.2 Å². The number of hydrogen-bond donors (Lipinski definition) is 1. The molecule has 5 heteroatoms. The lowest BCUT2D eigenvalue weighted by Crippen LogP contribution is -2.07. The lowest BCUT2D eigenvalue weighted by atomic mass is 10.0. The number of pyridine rings is 1. The predicted octanol–water partition coefficient (Wildman–Crippen LogP) is 4.43. The minimum absolute atomic E-state index is 0.203. The number of alkyl halides is 3. The lowest BCUT2D eigenvalue weighted by molar-refractivity contribution is -0.137. The molecule has 2 aromatic rings. The van der Waals surface area contributed by atoms with Crippen LogP contribution in [0.3, 0.4) is 0 Å². The summed E-state index contributed by atoms with van der Waals surface area (Å²) in [6.07, 6.45) is -4.39. The topological polar surface area (TPSA) is 24.9 Å². The van der Waals surface area contributed by atoms with Gasteiger partial charge < -0.3 is 5.32 Å². The predicted molar refractivity (Wildman–Crippen MR) is 73.7 cm³/mol. The highest BCUT2D eigenvalue weighted by molar-refractivity contribution is 5.64. The van der Waals surface area contributed by atoms with Crippen LogP contribution in [0.2, 0.25) is 0 Å². The van der Waals surface area contributed by atoms with Gasteiger partial charge in [0.2, 0.25) is 0 Å². The van der Waals surface area contributed by atoms with Gasteiger partial charge in [0.05, 0.1) is 11.3 Å². The Morgan fingerprint density at radius 2 is 1.55 bits per heavy atom. The molecule has 1 aromatic carbocycles. The van der Waals surface area contributed by atoms with Crippen molar-refractivity contribution in [1.29, 1.82) is 0 Å². The van der Waals surface area contributed by atoms with Crippen molar-refractivity contribution in [2.45, 2.75) is 20.0 Å². The molecular formula is C15H15F3N2. The van der Waals surface area contributed by atoms with E-state index in [1.54, 1.807) is 7.05 Å². The smallest absolute Gasteiger partial charge is 0.373 e. The second kappa shape index (κ2) is 5.15. The van der Waals surface area contributed by atoms with Crippen LogP contribution >= 0.6 is 0 Å². The van der Waals surface area contributed by atoms with Crippen molar-refractivity contribution < 1.29 is 13.2 Å². The van der Waals surface area contributed by atoms with E-state index in [4.69, 9.17) is 0 Å². The van der Waals surface area contributed by atoms with Crippen molar-refractivity contribution in [2.75, 3.05) is 12.4 Å². The molecule has 1 aromatic heterocycles. The van der Waals surface area contributed by atoms with Crippen molar-refractivity contribution in [2.24, 2.45) is 0 Å². The van der Waals surface area contributed by atoms with E-state index >= 15 is 0 Å². The van der Waals surface area contributed by atoms with E-state index in [1.165, 1.54) is 0 Å². The molecule has 2 nitrogen and oxygen atoms in total. The molecule has 0 amide bonds. The van der Waals surface area contributed by atoms with E-state index in [1.807, 2.05) is 32.0 Å². The van der Waals surface area contributed by atoms with Crippen molar-refractivity contribution in [3.8, 4) is 11.3 Å². The van der Waals surface area contributed by atoms with Crippen LogP contribution in [0, 0.1) is 13.8 Å². The van der Waals surface area contributed by atoms with E-state index in [9.17, 15) is 13.2 Å². The molecule has 0 fully saturated rings. The van der Waals surface area contributed by atoms with Crippen LogP contribution in [0.4, 0.5) is 19.0 Å². The van der Waals surface area contributed by atoms with E-state index in [-0.39, 0.29) is 5.82 Å². The fraction of sp³-hybridized carbons (Fsp3) is 0.267. The molecule has 0 bridgehead atoms. The molecule has 0 aliphatic heterocycles. The first-order valence-corrected chi connectivity index (χ1v) is 6.15. The number of halogens is 3. The Morgan fingerprint density at radius 1 is 0.950 bits per heavy atom. The number of hydrogen-bond acceptors (Lipinski definition) is 2. The van der Waals surface area contributed by atoms with Gasteiger partial charge in [-0.1, -0.05) is 17.2 Å². The lowest BCUT2D eigenvalue weighted by Gasteiger charge is -2.12. The maximum Gasteiger partial charge on any atom is 0.416 e. The first-order valence-electron chi connectivity index (χ1n) is 6.15. The molecule has 0 atom stereocenters. The summed E-state index contributed by atoms with van der Waals surface area (Å²) in [5.41, 5.74) is 2.28. The van der Waals surface area contributed by atoms with Gasteiger partial charge in [0.15, 0.2) is 0 Å². The molecule has 1 N–H and O–H groups in total. The zero-order chi connectivity index (χ0) is 14.9. The first kappa shape index (κ1) is 14.4. The van der Waals surface area contributed by atoms with Crippen LogP contribution in [-0.2, 0) is 6.18 Å². The average Bonchev–Trinajstić information content (AvgIpc) is 2.36. The second-order valence-corrected chi connectivity index (χ2v) is 4.75. The SMILES string of the molecule is CNc1cc(C(F)(F)F)cc(-c2cc(C)cc(C)c2)n1. The largest absolute Gasteiger partial charge is 0.416 e. The summed E-state index contributed by atoms with van der Waals surface area (Å²) in [6, 6.07) is 7.71. The zero-order valence-corrected chi connectivity index (χ0v) is 11.5. The fourth-order valence-electron chi connectivity index (χ4n) is 2.09. The summed E-state index contributed by atoms with van der Waals surface area (Å²) in [4.78, 5) is 4.21. The number of anilines is 1. The summed E-state index contributed by atoms with van der Waals surface area (Å²) < 4.78 is 38.7. The number of aryl methyl sites for hydroxylation is 2. The normalized spacial score (nSPS) is 11.5. The fourth-order valence-corrected chi connectivity index (χ4v) is 2.09. The first-order chi connectivity index (χ1) is 9.29. The van der Waals surface area contributed by atoms with Crippen LogP contribution in [0.1, 0.15) is 16.7 Å². The minimum atomic E-state index is -4.39. The Balaban J connectivity index is 2.61. The molecule has 0 saturated carbocycles. The molecule has 1 heterocycles. The quantitative estimate of drug-likeness (QED) is 0.880. The minimum Gasteiger partial charge on any atom is -0.373 e. The standard InChI is InChI=1S/C15H15F3N2/c1-9-4-10(2)6-11(5-9)13-7-12(15(16,17)18)8-14(19-3)20-13/h4-8H,1-3H3,(H,19,20). The van der Waals surface area contributed by atoms with Crippen LogP contribution in [0.25, 0.3) is 11.3 Å². The van der Waals surface area contributed by atoms with Crippen LogP contribution in [0.15, 0.2) is 30.3 Å². The Kier molecular flexibility index (Phi) is 3.70. The number of aromatic nitrogens is 1. The molecule has 20 heavy (non-hydrogen) atoms. The van der Waals surface area contributed by atoms with Crippen molar-refractivity contribution in [1.82, 2.24) is 4.98 Å². The van der Waals surface area contributed by atoms with Gasteiger partial charge >= 0.3 is 6.18 Å². The van der Waals surface area contributed by atoms with Crippen LogP contribution < -0.4 is 5.32 Å². The third-order valence-corrected chi connectivity index (χ3v) is 2.93. The Morgan fingerprint density at radius 3 is 2.05 bits per heavy atom. The Hall–Kier alpha value is -2.04. The van der Waals surface area contributed by atoms with Gasteiger partial charge in [0.25, 0.3) is 0 Å². The zero-order valence-electron chi connectivity index (χ0n) is 11.5. The molecular weight excluding hydrogens is 265 g/mol. The van der Waals surface area contributed by atoms with E-state index < -0.39 is 11.7 Å². The van der Waals surface area contributed by atoms with Gasteiger partial charge in [0, 0.05) is 12.6 Å². The highest BCUT2D eigenvalue weighted by atomic mass is 19.4. The molecule has 0 aliphatic rings. The van der Waals surface area contributed by atoms with Gasteiger partial charge in [-0.15, -0.1) is 0 Å². The molecule has 2 rings (SSSR count). The second-order valence-electron chi connectivity index (χ2n) is 4.75. The van der Waals surface area contributed by atoms with Gasteiger partial charge in [-0.25, -0.2) is 4.98 Å². The highest BCUT2D eigenvalue weighted by Crippen LogP contribution is 2.33. The Labute approximate surface area is 115 Å². The molecule has 0 aliphatic carbocycles. The molecule has 0 unspecified atom stereocenters. The summed E-state index contributed by atoms with van der Waals surface area (Å²) in [5, 5.41) is 2.67. The molecule has 106 valence electrons.